The van der Waals surface area contributed by atoms with Gasteiger partial charge in [0.15, 0.2) is 0 Å². The van der Waals surface area contributed by atoms with Gasteiger partial charge < -0.3 is 5.11 Å². The van der Waals surface area contributed by atoms with Gasteiger partial charge in [0.05, 0.1) is 18.9 Å². The molecule has 0 radical (unpaired) electrons. The van der Waals surface area contributed by atoms with E-state index in [1.807, 2.05) is 0 Å². The van der Waals surface area contributed by atoms with Gasteiger partial charge in [-0.2, -0.15) is 5.10 Å². The number of H-pyrrole nitrogens is 1. The SMILES string of the molecule is O=S(=O)(CCO)NCc1ncn[nH]1. The van der Waals surface area contributed by atoms with Gasteiger partial charge in [-0.1, -0.05) is 0 Å². The van der Waals surface area contributed by atoms with Crippen molar-refractivity contribution in [1.29, 1.82) is 0 Å². The highest BCUT2D eigenvalue weighted by molar-refractivity contribution is 7.89. The summed E-state index contributed by atoms with van der Waals surface area (Å²) in [6, 6.07) is 0. The average Bonchev–Trinajstić information content (AvgIpc) is 2.52. The largest absolute Gasteiger partial charge is 0.395 e. The van der Waals surface area contributed by atoms with Crippen LogP contribution in [0.1, 0.15) is 5.82 Å². The molecule has 0 atom stereocenters. The molecule has 7 nitrogen and oxygen atoms in total. The second-order valence-corrected chi connectivity index (χ2v) is 4.22. The number of sulfonamides is 1. The summed E-state index contributed by atoms with van der Waals surface area (Å²) in [5.41, 5.74) is 0. The fourth-order valence-corrected chi connectivity index (χ4v) is 1.43. The lowest BCUT2D eigenvalue weighted by molar-refractivity contribution is 0.319. The molecular formula is C5H10N4O3S. The summed E-state index contributed by atoms with van der Waals surface area (Å²) in [7, 11) is -3.40. The lowest BCUT2D eigenvalue weighted by Crippen LogP contribution is -2.27. The molecule has 0 aliphatic rings. The molecule has 3 N–H and O–H groups in total. The van der Waals surface area contributed by atoms with Gasteiger partial charge in [-0.3, -0.25) is 5.10 Å². The summed E-state index contributed by atoms with van der Waals surface area (Å²) in [5, 5.41) is 14.5. The minimum Gasteiger partial charge on any atom is -0.395 e. The van der Waals surface area contributed by atoms with E-state index in [-0.39, 0.29) is 12.3 Å². The van der Waals surface area contributed by atoms with Crippen LogP contribution >= 0.6 is 0 Å². The van der Waals surface area contributed by atoms with E-state index in [0.29, 0.717) is 5.82 Å². The van der Waals surface area contributed by atoms with Crippen LogP contribution in [0.25, 0.3) is 0 Å². The van der Waals surface area contributed by atoms with Crippen molar-refractivity contribution in [2.24, 2.45) is 0 Å². The molecule has 0 aliphatic carbocycles. The molecule has 0 bridgehead atoms. The fraction of sp³-hybridized carbons (Fsp3) is 0.600. The van der Waals surface area contributed by atoms with Gasteiger partial charge in [-0.25, -0.2) is 18.1 Å². The molecule has 8 heteroatoms. The van der Waals surface area contributed by atoms with Crippen molar-refractivity contribution >= 4 is 10.0 Å². The lowest BCUT2D eigenvalue weighted by Gasteiger charge is -2.01. The van der Waals surface area contributed by atoms with E-state index in [1.165, 1.54) is 6.33 Å². The van der Waals surface area contributed by atoms with E-state index >= 15 is 0 Å². The Morgan fingerprint density at radius 3 is 2.92 bits per heavy atom. The van der Waals surface area contributed by atoms with Crippen LogP contribution < -0.4 is 4.72 Å². The molecule has 0 aromatic carbocycles. The van der Waals surface area contributed by atoms with Crippen molar-refractivity contribution in [2.45, 2.75) is 6.54 Å². The Labute approximate surface area is 75.2 Å². The Morgan fingerprint density at radius 2 is 2.38 bits per heavy atom. The van der Waals surface area contributed by atoms with E-state index in [0.717, 1.165) is 0 Å². The number of nitrogens with one attached hydrogen (secondary N) is 2. The van der Waals surface area contributed by atoms with E-state index < -0.39 is 16.6 Å². The molecule has 13 heavy (non-hydrogen) atoms. The molecule has 0 unspecified atom stereocenters. The van der Waals surface area contributed by atoms with Crippen LogP contribution in [0.15, 0.2) is 6.33 Å². The number of aliphatic hydroxyl groups is 1. The van der Waals surface area contributed by atoms with Crippen LogP contribution in [0.4, 0.5) is 0 Å². The highest BCUT2D eigenvalue weighted by Crippen LogP contribution is 1.88. The van der Waals surface area contributed by atoms with Gasteiger partial charge in [0.25, 0.3) is 0 Å². The summed E-state index contributed by atoms with van der Waals surface area (Å²) >= 11 is 0. The Bertz CT molecular complexity index is 333. The maximum absolute atomic E-state index is 11.0. The molecule has 1 aromatic heterocycles. The first-order valence-corrected chi connectivity index (χ1v) is 5.22. The van der Waals surface area contributed by atoms with Gasteiger partial charge >= 0.3 is 0 Å². The number of hydrogen-bond acceptors (Lipinski definition) is 5. The maximum Gasteiger partial charge on any atom is 0.214 e. The second-order valence-electron chi connectivity index (χ2n) is 2.30. The number of aromatic amines is 1. The molecule has 1 heterocycles. The second kappa shape index (κ2) is 4.30. The number of aromatic nitrogens is 3. The van der Waals surface area contributed by atoms with Gasteiger partial charge in [-0.05, 0) is 0 Å². The standard InChI is InChI=1S/C5H10N4O3S/c10-1-2-13(11,12)8-3-5-6-4-7-9-5/h4,8,10H,1-3H2,(H,6,7,9). The van der Waals surface area contributed by atoms with Crippen LogP contribution in [0.2, 0.25) is 0 Å². The summed E-state index contributed by atoms with van der Waals surface area (Å²) in [6.07, 6.45) is 1.29. The zero-order chi connectivity index (χ0) is 9.73. The summed E-state index contributed by atoms with van der Waals surface area (Å²) in [4.78, 5) is 3.72. The quantitative estimate of drug-likeness (QED) is 0.527. The van der Waals surface area contributed by atoms with Crippen LogP contribution in [-0.2, 0) is 16.6 Å². The van der Waals surface area contributed by atoms with Crippen molar-refractivity contribution < 1.29 is 13.5 Å². The fourth-order valence-electron chi connectivity index (χ4n) is 0.687. The minimum absolute atomic E-state index is 0.0579. The molecular weight excluding hydrogens is 196 g/mol. The van der Waals surface area contributed by atoms with E-state index in [1.54, 1.807) is 0 Å². The number of aliphatic hydroxyl groups excluding tert-OH is 1. The molecule has 0 saturated heterocycles. The smallest absolute Gasteiger partial charge is 0.214 e. The summed E-state index contributed by atoms with van der Waals surface area (Å²) in [6.45, 7) is -0.339. The van der Waals surface area contributed by atoms with Crippen molar-refractivity contribution in [2.75, 3.05) is 12.4 Å². The number of rotatable bonds is 5. The van der Waals surface area contributed by atoms with Crippen LogP contribution in [0, 0.1) is 0 Å². The zero-order valence-electron chi connectivity index (χ0n) is 6.77. The first-order valence-electron chi connectivity index (χ1n) is 3.56. The highest BCUT2D eigenvalue weighted by atomic mass is 32.2. The van der Waals surface area contributed by atoms with Crippen LogP contribution in [-0.4, -0.2) is 41.1 Å². The molecule has 1 rings (SSSR count). The van der Waals surface area contributed by atoms with Crippen LogP contribution in [0.5, 0.6) is 0 Å². The first kappa shape index (κ1) is 10.1. The first-order chi connectivity index (χ1) is 6.14. The Hall–Kier alpha value is -0.990. The number of hydrogen-bond donors (Lipinski definition) is 3. The Morgan fingerprint density at radius 1 is 1.62 bits per heavy atom. The third-order valence-electron chi connectivity index (χ3n) is 1.28. The van der Waals surface area contributed by atoms with Gasteiger partial charge in [-0.15, -0.1) is 0 Å². The predicted molar refractivity (Wildman–Crippen MR) is 44.1 cm³/mol. The summed E-state index contributed by atoms with van der Waals surface area (Å²) < 4.78 is 24.2. The molecule has 0 aliphatic heterocycles. The lowest BCUT2D eigenvalue weighted by atomic mass is 10.6. The van der Waals surface area contributed by atoms with Crippen molar-refractivity contribution in [3.63, 3.8) is 0 Å². The van der Waals surface area contributed by atoms with Crippen molar-refractivity contribution in [3.8, 4) is 0 Å². The minimum atomic E-state index is -3.40. The van der Waals surface area contributed by atoms with Crippen LogP contribution in [0.3, 0.4) is 0 Å². The van der Waals surface area contributed by atoms with E-state index in [2.05, 4.69) is 19.9 Å². The Kier molecular flexibility index (Phi) is 3.34. The van der Waals surface area contributed by atoms with Gasteiger partial charge in [0.2, 0.25) is 10.0 Å². The Balaban J connectivity index is 2.43. The molecule has 0 fully saturated rings. The van der Waals surface area contributed by atoms with Gasteiger partial charge in [0, 0.05) is 0 Å². The normalized spacial score (nSPS) is 11.8. The average molecular weight is 206 g/mol. The third kappa shape index (κ3) is 3.49. The van der Waals surface area contributed by atoms with Crippen molar-refractivity contribution in [1.82, 2.24) is 19.9 Å². The molecule has 1 aromatic rings. The van der Waals surface area contributed by atoms with E-state index in [4.69, 9.17) is 5.11 Å². The summed E-state index contributed by atoms with van der Waals surface area (Å²) in [5.74, 6) is 0.128. The predicted octanol–water partition coefficient (Wildman–Crippen LogP) is -1.78. The molecule has 0 saturated carbocycles. The monoisotopic (exact) mass is 206 g/mol. The topological polar surface area (TPSA) is 108 Å². The van der Waals surface area contributed by atoms with Gasteiger partial charge in [0.1, 0.15) is 12.2 Å². The van der Waals surface area contributed by atoms with Crippen molar-refractivity contribution in [3.05, 3.63) is 12.2 Å². The molecule has 0 spiro atoms. The molecule has 74 valence electrons. The zero-order valence-corrected chi connectivity index (χ0v) is 7.58. The number of nitrogens with zero attached hydrogens (tertiary/aromatic N) is 2. The maximum atomic E-state index is 11.0. The molecule has 0 amide bonds. The van der Waals surface area contributed by atoms with E-state index in [9.17, 15) is 8.42 Å². The third-order valence-corrected chi connectivity index (χ3v) is 2.59. The highest BCUT2D eigenvalue weighted by Gasteiger charge is 2.08.